The lowest BCUT2D eigenvalue weighted by molar-refractivity contribution is 0.297. The number of hydrogen-bond donors (Lipinski definition) is 4. The average molecular weight is 430 g/mol. The van der Waals surface area contributed by atoms with Crippen LogP contribution in [-0.2, 0) is 5.75 Å². The van der Waals surface area contributed by atoms with Crippen LogP contribution < -0.4 is 11.0 Å². The normalized spacial score (nSPS) is 11.7. The molecule has 0 aliphatic carbocycles. The standard InChI is InChI=1S/C12H9BrFN7O3S/c13-6-3-5(1-2-7(6)14)15-10(19-23)9-11(21-24-20-9)25-4-8-16-12(22)18-17-8/h1-3,23H,4H2,(H,15,19)(H2,16,17,18,22). The third-order valence-corrected chi connectivity index (χ3v) is 4.43. The maximum Gasteiger partial charge on any atom is 0.340 e. The van der Waals surface area contributed by atoms with E-state index in [1.807, 2.05) is 0 Å². The van der Waals surface area contributed by atoms with Crippen LogP contribution in [0.15, 0.2) is 42.3 Å². The fourth-order valence-electron chi connectivity index (χ4n) is 1.77. The Morgan fingerprint density at radius 3 is 3.00 bits per heavy atom. The van der Waals surface area contributed by atoms with Crippen molar-refractivity contribution in [3.63, 3.8) is 0 Å². The molecular formula is C12H9BrFN7O3S. The quantitative estimate of drug-likeness (QED) is 0.158. The Balaban J connectivity index is 1.76. The molecule has 0 unspecified atom stereocenters. The zero-order chi connectivity index (χ0) is 17.8. The molecular weight excluding hydrogens is 421 g/mol. The summed E-state index contributed by atoms with van der Waals surface area (Å²) in [6, 6.07) is 4.17. The highest BCUT2D eigenvalue weighted by Gasteiger charge is 2.19. The number of oxime groups is 1. The molecule has 25 heavy (non-hydrogen) atoms. The Morgan fingerprint density at radius 2 is 2.32 bits per heavy atom. The number of nitrogens with zero attached hydrogens (tertiary/aromatic N) is 4. The summed E-state index contributed by atoms with van der Waals surface area (Å²) in [5.41, 5.74) is 0.178. The zero-order valence-electron chi connectivity index (χ0n) is 12.2. The van der Waals surface area contributed by atoms with Crippen LogP contribution >= 0.6 is 27.7 Å². The van der Waals surface area contributed by atoms with Crippen molar-refractivity contribution in [3.05, 3.63) is 50.5 Å². The molecule has 2 heterocycles. The Bertz CT molecular complexity index is 970. The molecule has 0 radical (unpaired) electrons. The Hall–Kier alpha value is -2.67. The summed E-state index contributed by atoms with van der Waals surface area (Å²) < 4.78 is 18.2. The van der Waals surface area contributed by atoms with Crippen LogP contribution in [0.1, 0.15) is 11.5 Å². The van der Waals surface area contributed by atoms with E-state index in [4.69, 9.17) is 0 Å². The first-order valence-electron chi connectivity index (χ1n) is 6.60. The highest BCUT2D eigenvalue weighted by Crippen LogP contribution is 2.24. The van der Waals surface area contributed by atoms with Crippen LogP contribution in [0.5, 0.6) is 0 Å². The molecule has 3 aromatic rings. The summed E-state index contributed by atoms with van der Waals surface area (Å²) in [5, 5.41) is 28.9. The molecule has 4 N–H and O–H groups in total. The van der Waals surface area contributed by atoms with Crippen molar-refractivity contribution in [2.45, 2.75) is 10.8 Å². The second kappa shape index (κ2) is 7.48. The van der Waals surface area contributed by atoms with Crippen molar-refractivity contribution in [3.8, 4) is 0 Å². The lowest BCUT2D eigenvalue weighted by Crippen LogP contribution is -2.15. The van der Waals surface area contributed by atoms with Gasteiger partial charge in [0.15, 0.2) is 10.7 Å². The number of anilines is 1. The highest BCUT2D eigenvalue weighted by molar-refractivity contribution is 9.10. The first kappa shape index (κ1) is 17.2. The lowest BCUT2D eigenvalue weighted by Gasteiger charge is -2.07. The molecule has 0 spiro atoms. The van der Waals surface area contributed by atoms with Gasteiger partial charge in [-0.05, 0) is 44.4 Å². The second-order valence-corrected chi connectivity index (χ2v) is 6.35. The van der Waals surface area contributed by atoms with Gasteiger partial charge in [0.2, 0.25) is 5.84 Å². The predicted molar refractivity (Wildman–Crippen MR) is 89.1 cm³/mol. The summed E-state index contributed by atoms with van der Waals surface area (Å²) in [7, 11) is 0. The number of aromatic amines is 2. The number of amidine groups is 1. The van der Waals surface area contributed by atoms with Crippen LogP contribution in [0.2, 0.25) is 0 Å². The van der Waals surface area contributed by atoms with Crippen molar-refractivity contribution >= 4 is 39.2 Å². The van der Waals surface area contributed by atoms with Crippen LogP contribution in [0.4, 0.5) is 10.1 Å². The SMILES string of the molecule is O=c1[nH]nc(CSc2nonc2/C(=N\O)Nc2ccc(F)c(Br)c2)[nH]1. The van der Waals surface area contributed by atoms with E-state index in [2.05, 4.69) is 56.5 Å². The van der Waals surface area contributed by atoms with E-state index in [1.165, 1.54) is 18.2 Å². The Morgan fingerprint density at radius 1 is 1.48 bits per heavy atom. The van der Waals surface area contributed by atoms with Gasteiger partial charge in [-0.1, -0.05) is 16.9 Å². The van der Waals surface area contributed by atoms with Gasteiger partial charge in [-0.25, -0.2) is 18.9 Å². The minimum Gasteiger partial charge on any atom is -0.409 e. The molecule has 0 aliphatic heterocycles. The van der Waals surface area contributed by atoms with Gasteiger partial charge >= 0.3 is 5.69 Å². The zero-order valence-corrected chi connectivity index (χ0v) is 14.6. The van der Waals surface area contributed by atoms with Gasteiger partial charge in [0.1, 0.15) is 11.6 Å². The summed E-state index contributed by atoms with van der Waals surface area (Å²) in [5.74, 6) is 0.209. The van der Waals surface area contributed by atoms with E-state index < -0.39 is 11.5 Å². The third-order valence-electron chi connectivity index (χ3n) is 2.86. The van der Waals surface area contributed by atoms with E-state index in [9.17, 15) is 14.4 Å². The first-order valence-corrected chi connectivity index (χ1v) is 8.38. The Kier molecular flexibility index (Phi) is 5.14. The summed E-state index contributed by atoms with van der Waals surface area (Å²) in [6.45, 7) is 0. The molecule has 0 saturated heterocycles. The van der Waals surface area contributed by atoms with Crippen LogP contribution in [-0.4, -0.2) is 36.5 Å². The maximum absolute atomic E-state index is 13.3. The minimum atomic E-state index is -0.430. The fraction of sp³-hybridized carbons (Fsp3) is 0.0833. The third kappa shape index (κ3) is 4.06. The number of H-pyrrole nitrogens is 2. The van der Waals surface area contributed by atoms with Gasteiger partial charge in [0, 0.05) is 5.69 Å². The van der Waals surface area contributed by atoms with Gasteiger partial charge in [-0.2, -0.15) is 5.10 Å². The number of thioether (sulfide) groups is 1. The number of benzene rings is 1. The molecule has 2 aromatic heterocycles. The molecule has 3 rings (SSSR count). The van der Waals surface area contributed by atoms with E-state index in [0.29, 0.717) is 16.5 Å². The van der Waals surface area contributed by atoms with Gasteiger partial charge in [-0.15, -0.1) is 0 Å². The van der Waals surface area contributed by atoms with E-state index in [0.717, 1.165) is 11.8 Å². The topological polar surface area (TPSA) is 145 Å². The summed E-state index contributed by atoms with van der Waals surface area (Å²) >= 11 is 4.23. The number of rotatable bonds is 5. The molecule has 0 amide bonds. The van der Waals surface area contributed by atoms with Crippen molar-refractivity contribution in [1.29, 1.82) is 0 Å². The van der Waals surface area contributed by atoms with Crippen molar-refractivity contribution in [2.75, 3.05) is 5.32 Å². The largest absolute Gasteiger partial charge is 0.409 e. The van der Waals surface area contributed by atoms with Gasteiger partial charge in [0.25, 0.3) is 0 Å². The molecule has 0 bridgehead atoms. The van der Waals surface area contributed by atoms with Gasteiger partial charge in [-0.3, -0.25) is 4.98 Å². The van der Waals surface area contributed by atoms with Crippen LogP contribution in [0.25, 0.3) is 0 Å². The molecule has 13 heteroatoms. The first-order chi connectivity index (χ1) is 12.1. The molecule has 10 nitrogen and oxygen atoms in total. The molecule has 0 aliphatic rings. The molecule has 0 saturated carbocycles. The fourth-order valence-corrected chi connectivity index (χ4v) is 2.92. The molecule has 1 aromatic carbocycles. The highest BCUT2D eigenvalue weighted by atomic mass is 79.9. The van der Waals surface area contributed by atoms with Crippen LogP contribution in [0.3, 0.4) is 0 Å². The van der Waals surface area contributed by atoms with E-state index in [-0.39, 0.29) is 21.8 Å². The molecule has 130 valence electrons. The number of halogens is 2. The van der Waals surface area contributed by atoms with Gasteiger partial charge < -0.3 is 10.5 Å². The molecule has 0 fully saturated rings. The van der Waals surface area contributed by atoms with E-state index >= 15 is 0 Å². The lowest BCUT2D eigenvalue weighted by atomic mass is 10.3. The number of nitrogens with one attached hydrogen (secondary N) is 3. The predicted octanol–water partition coefficient (Wildman–Crippen LogP) is 1.92. The summed E-state index contributed by atoms with van der Waals surface area (Å²) in [4.78, 5) is 13.5. The second-order valence-electron chi connectivity index (χ2n) is 4.53. The maximum atomic E-state index is 13.3. The molecule has 0 atom stereocenters. The average Bonchev–Trinajstić information content (AvgIpc) is 3.22. The monoisotopic (exact) mass is 429 g/mol. The van der Waals surface area contributed by atoms with Crippen molar-refractivity contribution in [2.24, 2.45) is 5.16 Å². The van der Waals surface area contributed by atoms with E-state index in [1.54, 1.807) is 0 Å². The smallest absolute Gasteiger partial charge is 0.340 e. The van der Waals surface area contributed by atoms with Gasteiger partial charge in [0.05, 0.1) is 10.2 Å². The van der Waals surface area contributed by atoms with Crippen LogP contribution in [0, 0.1) is 5.82 Å². The number of hydrogen-bond acceptors (Lipinski definition) is 8. The minimum absolute atomic E-state index is 0.0437. The van der Waals surface area contributed by atoms with Crippen molar-refractivity contribution in [1.82, 2.24) is 25.5 Å². The summed E-state index contributed by atoms with van der Waals surface area (Å²) in [6.07, 6.45) is 0. The Labute approximate surface area is 151 Å². The number of aromatic nitrogens is 5. The van der Waals surface area contributed by atoms with Crippen molar-refractivity contribution < 1.29 is 14.2 Å².